The topological polar surface area (TPSA) is 82.2 Å². The maximum absolute atomic E-state index is 12.1. The van der Waals surface area contributed by atoms with Gasteiger partial charge in [0.1, 0.15) is 0 Å². The lowest BCUT2D eigenvalue weighted by atomic mass is 10.3. The number of thioether (sulfide) groups is 1. The number of nitrogens with one attached hydrogen (secondary N) is 1. The molecule has 25 heavy (non-hydrogen) atoms. The molecule has 0 unspecified atom stereocenters. The first-order valence-electron chi connectivity index (χ1n) is 7.71. The van der Waals surface area contributed by atoms with Gasteiger partial charge in [-0.3, -0.25) is 9.36 Å². The second-order valence-electron chi connectivity index (χ2n) is 5.13. The predicted molar refractivity (Wildman–Crippen MR) is 95.4 cm³/mol. The van der Waals surface area contributed by atoms with E-state index in [1.807, 2.05) is 41.0 Å². The van der Waals surface area contributed by atoms with Crippen LogP contribution in [0.5, 0.6) is 0 Å². The van der Waals surface area contributed by atoms with E-state index in [2.05, 4.69) is 15.5 Å². The minimum atomic E-state index is -0.1000. The first-order valence-corrected chi connectivity index (χ1v) is 8.70. The Labute approximate surface area is 149 Å². The number of anilines is 1. The van der Waals surface area contributed by atoms with Gasteiger partial charge < -0.3 is 14.5 Å². The molecule has 3 rings (SSSR count). The highest BCUT2D eigenvalue weighted by Gasteiger charge is 2.17. The number of furan rings is 1. The van der Waals surface area contributed by atoms with Crippen LogP contribution < -0.4 is 5.32 Å². The van der Waals surface area contributed by atoms with Gasteiger partial charge in [-0.15, -0.1) is 10.2 Å². The summed E-state index contributed by atoms with van der Waals surface area (Å²) in [5, 5.41) is 11.9. The number of amides is 1. The summed E-state index contributed by atoms with van der Waals surface area (Å²) in [6.45, 7) is 1.08. The molecule has 8 heteroatoms. The molecule has 0 bridgehead atoms. The summed E-state index contributed by atoms with van der Waals surface area (Å²) in [7, 11) is 1.64. The van der Waals surface area contributed by atoms with Crippen molar-refractivity contribution in [3.05, 3.63) is 48.7 Å². The van der Waals surface area contributed by atoms with E-state index in [1.54, 1.807) is 19.4 Å². The van der Waals surface area contributed by atoms with Gasteiger partial charge in [-0.2, -0.15) is 0 Å². The number of hydrogen-bond acceptors (Lipinski definition) is 6. The van der Waals surface area contributed by atoms with Crippen LogP contribution in [-0.2, 0) is 16.1 Å². The van der Waals surface area contributed by atoms with Gasteiger partial charge in [0.15, 0.2) is 10.9 Å². The highest BCUT2D eigenvalue weighted by atomic mass is 32.2. The van der Waals surface area contributed by atoms with Crippen LogP contribution in [0.4, 0.5) is 5.69 Å². The Bertz CT molecular complexity index is 803. The molecule has 0 aliphatic rings. The smallest absolute Gasteiger partial charge is 0.234 e. The summed E-state index contributed by atoms with van der Waals surface area (Å²) in [6, 6.07) is 13.0. The van der Waals surface area contributed by atoms with Crippen LogP contribution in [0.1, 0.15) is 0 Å². The van der Waals surface area contributed by atoms with Crippen molar-refractivity contribution in [1.82, 2.24) is 14.8 Å². The number of rotatable bonds is 8. The summed E-state index contributed by atoms with van der Waals surface area (Å²) in [4.78, 5) is 12.1. The van der Waals surface area contributed by atoms with Gasteiger partial charge in [-0.1, -0.05) is 30.0 Å². The second kappa shape index (κ2) is 8.50. The number of para-hydroxylation sites is 1. The Kier molecular flexibility index (Phi) is 5.86. The maximum Gasteiger partial charge on any atom is 0.234 e. The van der Waals surface area contributed by atoms with Crippen molar-refractivity contribution in [3.63, 3.8) is 0 Å². The van der Waals surface area contributed by atoms with E-state index in [0.717, 1.165) is 5.69 Å². The van der Waals surface area contributed by atoms with E-state index in [1.165, 1.54) is 11.8 Å². The van der Waals surface area contributed by atoms with Gasteiger partial charge in [0, 0.05) is 12.8 Å². The number of aromatic nitrogens is 3. The summed E-state index contributed by atoms with van der Waals surface area (Å²) in [5.41, 5.74) is 0.769. The number of hydrogen-bond donors (Lipinski definition) is 1. The summed E-state index contributed by atoms with van der Waals surface area (Å²) >= 11 is 1.32. The fraction of sp³-hybridized carbons (Fsp3) is 0.235. The maximum atomic E-state index is 12.1. The van der Waals surface area contributed by atoms with E-state index in [-0.39, 0.29) is 11.7 Å². The number of nitrogens with zero attached hydrogens (tertiary/aromatic N) is 3. The van der Waals surface area contributed by atoms with Crippen molar-refractivity contribution in [2.75, 3.05) is 24.8 Å². The van der Waals surface area contributed by atoms with Gasteiger partial charge in [0.25, 0.3) is 0 Å². The van der Waals surface area contributed by atoms with Crippen molar-refractivity contribution in [1.29, 1.82) is 0 Å². The zero-order valence-corrected chi connectivity index (χ0v) is 14.5. The lowest BCUT2D eigenvalue weighted by molar-refractivity contribution is -0.113. The molecule has 2 aromatic heterocycles. The molecule has 0 spiro atoms. The van der Waals surface area contributed by atoms with Gasteiger partial charge in [-0.05, 0) is 24.3 Å². The largest absolute Gasteiger partial charge is 0.461 e. The van der Waals surface area contributed by atoms with Crippen molar-refractivity contribution in [2.45, 2.75) is 11.7 Å². The Morgan fingerprint density at radius 1 is 1.24 bits per heavy atom. The van der Waals surface area contributed by atoms with Crippen LogP contribution in [-0.4, -0.2) is 40.1 Å². The van der Waals surface area contributed by atoms with E-state index in [0.29, 0.717) is 29.9 Å². The highest BCUT2D eigenvalue weighted by Crippen LogP contribution is 2.24. The molecule has 3 aromatic rings. The lowest BCUT2D eigenvalue weighted by Crippen LogP contribution is -2.15. The van der Waals surface area contributed by atoms with Crippen LogP contribution in [0.3, 0.4) is 0 Å². The Morgan fingerprint density at radius 3 is 2.80 bits per heavy atom. The van der Waals surface area contributed by atoms with Gasteiger partial charge >= 0.3 is 0 Å². The Balaban J connectivity index is 1.68. The Hall–Kier alpha value is -2.58. The molecule has 0 saturated carbocycles. The SMILES string of the molecule is COCCn1c(SCC(=O)Nc2ccccc2)nnc1-c1ccco1. The van der Waals surface area contributed by atoms with Crippen LogP contribution in [0.15, 0.2) is 58.3 Å². The monoisotopic (exact) mass is 358 g/mol. The molecule has 0 aliphatic carbocycles. The number of ether oxygens (including phenoxy) is 1. The van der Waals surface area contributed by atoms with Crippen molar-refractivity contribution in [3.8, 4) is 11.6 Å². The lowest BCUT2D eigenvalue weighted by Gasteiger charge is -2.08. The van der Waals surface area contributed by atoms with E-state index in [9.17, 15) is 4.79 Å². The fourth-order valence-electron chi connectivity index (χ4n) is 2.22. The summed E-state index contributed by atoms with van der Waals surface area (Å²) in [5.74, 6) is 1.38. The third-order valence-electron chi connectivity index (χ3n) is 3.37. The molecule has 2 heterocycles. The average molecular weight is 358 g/mol. The molecule has 1 aromatic carbocycles. The molecule has 1 N–H and O–H groups in total. The standard InChI is InChI=1S/C17H18N4O3S/c1-23-11-9-21-16(14-8-5-10-24-14)19-20-17(21)25-12-15(22)18-13-6-3-2-4-7-13/h2-8,10H,9,11-12H2,1H3,(H,18,22). The molecular formula is C17H18N4O3S. The zero-order chi connectivity index (χ0) is 17.5. The first kappa shape index (κ1) is 17.2. The van der Waals surface area contributed by atoms with Gasteiger partial charge in [0.2, 0.25) is 11.7 Å². The second-order valence-corrected chi connectivity index (χ2v) is 6.07. The van der Waals surface area contributed by atoms with Crippen LogP contribution in [0, 0.1) is 0 Å². The normalized spacial score (nSPS) is 10.8. The quantitative estimate of drug-likeness (QED) is 0.624. The van der Waals surface area contributed by atoms with Crippen molar-refractivity contribution >= 4 is 23.4 Å². The molecular weight excluding hydrogens is 340 g/mol. The molecule has 130 valence electrons. The minimum Gasteiger partial charge on any atom is -0.461 e. The first-order chi connectivity index (χ1) is 12.3. The molecule has 1 amide bonds. The average Bonchev–Trinajstić information content (AvgIpc) is 3.28. The fourth-order valence-corrected chi connectivity index (χ4v) is 2.98. The molecule has 0 aliphatic heterocycles. The predicted octanol–water partition coefficient (Wildman–Crippen LogP) is 2.92. The van der Waals surface area contributed by atoms with E-state index < -0.39 is 0 Å². The van der Waals surface area contributed by atoms with Crippen molar-refractivity contribution < 1.29 is 13.9 Å². The van der Waals surface area contributed by atoms with Crippen LogP contribution in [0.25, 0.3) is 11.6 Å². The molecule has 0 saturated heterocycles. The molecule has 0 atom stereocenters. The summed E-state index contributed by atoms with van der Waals surface area (Å²) < 4.78 is 12.4. The summed E-state index contributed by atoms with van der Waals surface area (Å²) in [6.07, 6.45) is 1.59. The molecule has 0 radical (unpaired) electrons. The highest BCUT2D eigenvalue weighted by molar-refractivity contribution is 7.99. The van der Waals surface area contributed by atoms with Crippen LogP contribution in [0.2, 0.25) is 0 Å². The van der Waals surface area contributed by atoms with E-state index in [4.69, 9.17) is 9.15 Å². The number of benzene rings is 1. The van der Waals surface area contributed by atoms with E-state index >= 15 is 0 Å². The van der Waals surface area contributed by atoms with Gasteiger partial charge in [0.05, 0.1) is 25.2 Å². The third kappa shape index (κ3) is 4.49. The molecule has 7 nitrogen and oxygen atoms in total. The van der Waals surface area contributed by atoms with Gasteiger partial charge in [-0.25, -0.2) is 0 Å². The third-order valence-corrected chi connectivity index (χ3v) is 4.33. The molecule has 0 fully saturated rings. The van der Waals surface area contributed by atoms with Crippen molar-refractivity contribution in [2.24, 2.45) is 0 Å². The Morgan fingerprint density at radius 2 is 2.08 bits per heavy atom. The number of methoxy groups -OCH3 is 1. The van der Waals surface area contributed by atoms with Crippen LogP contribution >= 0.6 is 11.8 Å². The zero-order valence-electron chi connectivity index (χ0n) is 13.7. The number of carbonyl (C=O) groups excluding carboxylic acids is 1. The minimum absolute atomic E-state index is 0.1000. The number of carbonyl (C=O) groups is 1.